The zero-order chi connectivity index (χ0) is 8.99. The molecular weight excluding hydrogens is 124 g/mol. The lowest BCUT2D eigenvalue weighted by atomic mass is 10.6. The smallest absolute Gasteiger partial charge is 0.126 e. The van der Waals surface area contributed by atoms with Crippen LogP contribution >= 0.6 is 0 Å². The summed E-state index contributed by atoms with van der Waals surface area (Å²) in [5.41, 5.74) is 0. The van der Waals surface area contributed by atoms with Crippen LogP contribution < -0.4 is 0 Å². The van der Waals surface area contributed by atoms with Gasteiger partial charge in [0.2, 0.25) is 0 Å². The van der Waals surface area contributed by atoms with E-state index < -0.39 is 0 Å². The largest absolute Gasteiger partial charge is 0.300 e. The van der Waals surface area contributed by atoms with Gasteiger partial charge in [0.15, 0.2) is 0 Å². The molecule has 0 radical (unpaired) electrons. The summed E-state index contributed by atoms with van der Waals surface area (Å²) in [6.07, 6.45) is 3.50. The van der Waals surface area contributed by atoms with Gasteiger partial charge < -0.3 is 4.79 Å². The molecule has 0 spiro atoms. The van der Waals surface area contributed by atoms with Crippen LogP contribution in [0.5, 0.6) is 0 Å². The van der Waals surface area contributed by atoms with Crippen molar-refractivity contribution in [2.24, 2.45) is 0 Å². The third-order valence-electron chi connectivity index (χ3n) is 0. The van der Waals surface area contributed by atoms with E-state index in [1.54, 1.807) is 12.2 Å². The van der Waals surface area contributed by atoms with Crippen molar-refractivity contribution in [3.05, 3.63) is 25.3 Å². The molecule has 0 fully saturated rings. The summed E-state index contributed by atoms with van der Waals surface area (Å²) in [7, 11) is 0. The lowest BCUT2D eigenvalue weighted by molar-refractivity contribution is -0.114. The molecule has 10 heavy (non-hydrogen) atoms. The van der Waals surface area contributed by atoms with Crippen LogP contribution in [0.15, 0.2) is 25.3 Å². The second-order valence-electron chi connectivity index (χ2n) is 1.72. The van der Waals surface area contributed by atoms with E-state index in [0.717, 1.165) is 0 Å². The Bertz CT molecular complexity index is 72.7. The van der Waals surface area contributed by atoms with Gasteiger partial charge in [0.05, 0.1) is 0 Å². The fraction of sp³-hybridized carbons (Fsp3) is 0.444. The normalized spacial score (nSPS) is 5.20. The molecule has 1 heteroatoms. The monoisotopic (exact) mass is 142 g/mol. The number of carbonyl (C=O) groups excluding carboxylic acids is 1. The van der Waals surface area contributed by atoms with Gasteiger partial charge in [0.1, 0.15) is 5.78 Å². The Balaban J connectivity index is -0.0000000750. The number of hydrogen-bond donors (Lipinski definition) is 0. The Morgan fingerprint density at radius 2 is 1.10 bits per heavy atom. The van der Waals surface area contributed by atoms with Gasteiger partial charge in [-0.2, -0.15) is 0 Å². The molecule has 0 bridgehead atoms. The average molecular weight is 142 g/mol. The van der Waals surface area contributed by atoms with Gasteiger partial charge >= 0.3 is 0 Å². The number of hydrogen-bond acceptors (Lipinski definition) is 1. The first-order chi connectivity index (χ1) is 4.56. The number of ketones is 1. The van der Waals surface area contributed by atoms with Crippen molar-refractivity contribution in [1.29, 1.82) is 0 Å². The van der Waals surface area contributed by atoms with Gasteiger partial charge in [-0.25, -0.2) is 0 Å². The van der Waals surface area contributed by atoms with Crippen molar-refractivity contribution in [1.82, 2.24) is 0 Å². The highest BCUT2D eigenvalue weighted by Gasteiger charge is 1.62. The highest BCUT2D eigenvalue weighted by molar-refractivity contribution is 5.72. The van der Waals surface area contributed by atoms with Gasteiger partial charge in [0.25, 0.3) is 0 Å². The Morgan fingerprint density at radius 1 is 1.10 bits per heavy atom. The Morgan fingerprint density at radius 3 is 1.10 bits per heavy atom. The predicted molar refractivity (Wildman–Crippen MR) is 48.1 cm³/mol. The molecule has 0 aromatic rings. The van der Waals surface area contributed by atoms with Crippen LogP contribution in [0.3, 0.4) is 0 Å². The standard InChI is InChI=1S/C3H6O.2C3H6/c1-3(2)4;2*1-3-2/h1-2H3;2*3H,1H2,2H3. The summed E-state index contributed by atoms with van der Waals surface area (Å²) in [6.45, 7) is 13.6. The summed E-state index contributed by atoms with van der Waals surface area (Å²) >= 11 is 0. The summed E-state index contributed by atoms with van der Waals surface area (Å²) in [6, 6.07) is 0. The Hall–Kier alpha value is -0.850. The van der Waals surface area contributed by atoms with Crippen molar-refractivity contribution in [2.45, 2.75) is 27.7 Å². The molecule has 0 aliphatic rings. The molecule has 0 aliphatic heterocycles. The third-order valence-corrected chi connectivity index (χ3v) is 0. The fourth-order valence-corrected chi connectivity index (χ4v) is 0. The van der Waals surface area contributed by atoms with E-state index in [1.165, 1.54) is 13.8 Å². The molecule has 1 nitrogen and oxygen atoms in total. The second-order valence-corrected chi connectivity index (χ2v) is 1.72. The highest BCUT2D eigenvalue weighted by Crippen LogP contribution is 1.50. The topological polar surface area (TPSA) is 17.1 Å². The SMILES string of the molecule is C=CC.C=CC.CC(C)=O. The first-order valence-electron chi connectivity index (χ1n) is 3.18. The van der Waals surface area contributed by atoms with Crippen LogP contribution in [0, 0.1) is 0 Å². The van der Waals surface area contributed by atoms with Crippen LogP contribution in [0.2, 0.25) is 0 Å². The van der Waals surface area contributed by atoms with Crippen LogP contribution in [0.25, 0.3) is 0 Å². The van der Waals surface area contributed by atoms with Crippen molar-refractivity contribution >= 4 is 5.78 Å². The molecule has 0 aromatic carbocycles. The molecule has 60 valence electrons. The van der Waals surface area contributed by atoms with Crippen molar-refractivity contribution < 1.29 is 4.79 Å². The Kier molecular flexibility index (Phi) is 38.9. The van der Waals surface area contributed by atoms with Crippen LogP contribution in [0.1, 0.15) is 27.7 Å². The molecule has 0 unspecified atom stereocenters. The summed E-state index contributed by atoms with van der Waals surface area (Å²) < 4.78 is 0. The molecule has 0 atom stereocenters. The minimum atomic E-state index is 0.167. The number of rotatable bonds is 0. The fourth-order valence-electron chi connectivity index (χ4n) is 0. The Labute approximate surface area is 64.5 Å². The van der Waals surface area contributed by atoms with E-state index >= 15 is 0 Å². The maximum absolute atomic E-state index is 9.44. The third kappa shape index (κ3) is 374. The highest BCUT2D eigenvalue weighted by atomic mass is 16.1. The van der Waals surface area contributed by atoms with E-state index in [0.29, 0.717) is 0 Å². The summed E-state index contributed by atoms with van der Waals surface area (Å²) in [5.74, 6) is 0.167. The van der Waals surface area contributed by atoms with Crippen molar-refractivity contribution in [3.63, 3.8) is 0 Å². The van der Waals surface area contributed by atoms with Crippen LogP contribution in [-0.4, -0.2) is 5.78 Å². The van der Waals surface area contributed by atoms with E-state index in [-0.39, 0.29) is 5.78 Å². The maximum Gasteiger partial charge on any atom is 0.126 e. The quantitative estimate of drug-likeness (QED) is 0.475. The number of allylic oxidation sites excluding steroid dienone is 2. The number of carbonyl (C=O) groups is 1. The van der Waals surface area contributed by atoms with E-state index in [2.05, 4.69) is 13.2 Å². The minimum absolute atomic E-state index is 0.167. The molecule has 0 N–H and O–H groups in total. The van der Waals surface area contributed by atoms with Crippen molar-refractivity contribution in [2.75, 3.05) is 0 Å². The lowest BCUT2D eigenvalue weighted by Gasteiger charge is -1.56. The van der Waals surface area contributed by atoms with Crippen LogP contribution in [-0.2, 0) is 4.79 Å². The van der Waals surface area contributed by atoms with Gasteiger partial charge in [-0.15, -0.1) is 13.2 Å². The van der Waals surface area contributed by atoms with Gasteiger partial charge in [-0.1, -0.05) is 12.2 Å². The maximum atomic E-state index is 9.44. The van der Waals surface area contributed by atoms with E-state index in [1.807, 2.05) is 13.8 Å². The molecule has 0 saturated heterocycles. The zero-order valence-corrected chi connectivity index (χ0v) is 7.48. The minimum Gasteiger partial charge on any atom is -0.300 e. The second kappa shape index (κ2) is 24.2. The molecular formula is C9H18O. The average Bonchev–Trinajstić information content (AvgIpc) is 1.65. The first kappa shape index (κ1) is 16.1. The van der Waals surface area contributed by atoms with Crippen LogP contribution in [0.4, 0.5) is 0 Å². The lowest BCUT2D eigenvalue weighted by Crippen LogP contribution is -1.69. The molecule has 0 amide bonds. The molecule has 0 aromatic heterocycles. The van der Waals surface area contributed by atoms with E-state index in [4.69, 9.17) is 0 Å². The van der Waals surface area contributed by atoms with Gasteiger partial charge in [-0.3, -0.25) is 0 Å². The molecule has 0 aliphatic carbocycles. The molecule has 0 heterocycles. The van der Waals surface area contributed by atoms with E-state index in [9.17, 15) is 4.79 Å². The van der Waals surface area contributed by atoms with Gasteiger partial charge in [0, 0.05) is 0 Å². The molecule has 0 rings (SSSR count). The van der Waals surface area contributed by atoms with Gasteiger partial charge in [-0.05, 0) is 27.7 Å². The van der Waals surface area contributed by atoms with Crippen molar-refractivity contribution in [3.8, 4) is 0 Å². The summed E-state index contributed by atoms with van der Waals surface area (Å²) in [4.78, 5) is 9.44. The predicted octanol–water partition coefficient (Wildman–Crippen LogP) is 2.98. The molecule has 0 saturated carbocycles. The summed E-state index contributed by atoms with van der Waals surface area (Å²) in [5, 5.41) is 0. The zero-order valence-electron chi connectivity index (χ0n) is 7.48. The first-order valence-corrected chi connectivity index (χ1v) is 3.18. The number of Topliss-reactive ketones (excluding diaryl/α,β-unsaturated/α-hetero) is 1.